The fraction of sp³-hybridized carbons (Fsp3) is 0.615. The van der Waals surface area contributed by atoms with Crippen molar-refractivity contribution in [3.8, 4) is 0 Å². The van der Waals surface area contributed by atoms with Gasteiger partial charge in [-0.05, 0) is 32.9 Å². The summed E-state index contributed by atoms with van der Waals surface area (Å²) in [7, 11) is 1.72. The third-order valence-electron chi connectivity index (χ3n) is 2.73. The van der Waals surface area contributed by atoms with Gasteiger partial charge in [-0.15, -0.1) is 0 Å². The average Bonchev–Trinajstić information content (AvgIpc) is 2.29. The van der Waals surface area contributed by atoms with Gasteiger partial charge in [0.25, 0.3) is 0 Å². The van der Waals surface area contributed by atoms with E-state index < -0.39 is 0 Å². The van der Waals surface area contributed by atoms with Crippen molar-refractivity contribution >= 4 is 5.69 Å². The quantitative estimate of drug-likeness (QED) is 0.821. The van der Waals surface area contributed by atoms with Crippen LogP contribution in [0.2, 0.25) is 0 Å². The van der Waals surface area contributed by atoms with Crippen molar-refractivity contribution in [2.24, 2.45) is 5.73 Å². The molecule has 1 aromatic heterocycles. The second-order valence-corrected chi connectivity index (χ2v) is 4.51. The minimum Gasteiger partial charge on any atom is -0.383 e. The molecule has 1 heterocycles. The van der Waals surface area contributed by atoms with E-state index in [0.717, 1.165) is 17.9 Å². The minimum atomic E-state index is -0.0180. The van der Waals surface area contributed by atoms with Gasteiger partial charge in [0, 0.05) is 25.7 Å². The molecule has 0 amide bonds. The molecule has 17 heavy (non-hydrogen) atoms. The van der Waals surface area contributed by atoms with E-state index in [0.29, 0.717) is 12.6 Å². The van der Waals surface area contributed by atoms with Crippen LogP contribution in [-0.2, 0) is 4.74 Å². The molecule has 0 radical (unpaired) electrons. The fourth-order valence-electron chi connectivity index (χ4n) is 1.71. The summed E-state index contributed by atoms with van der Waals surface area (Å²) in [5.41, 5.74) is 7.82. The second kappa shape index (κ2) is 6.57. The Labute approximate surface area is 104 Å². The molecule has 96 valence electrons. The zero-order valence-electron chi connectivity index (χ0n) is 11.2. The van der Waals surface area contributed by atoms with Gasteiger partial charge in [0.1, 0.15) is 0 Å². The number of pyridine rings is 1. The monoisotopic (exact) mass is 237 g/mol. The summed E-state index contributed by atoms with van der Waals surface area (Å²) in [6, 6.07) is 4.47. The first-order valence-electron chi connectivity index (χ1n) is 6.03. The largest absolute Gasteiger partial charge is 0.383 e. The highest BCUT2D eigenvalue weighted by atomic mass is 16.5. The maximum atomic E-state index is 5.78. The number of nitrogens with two attached hydrogens (primary N) is 1. The van der Waals surface area contributed by atoms with Crippen LogP contribution in [0.5, 0.6) is 0 Å². The lowest BCUT2D eigenvalue weighted by molar-refractivity contribution is 0.204. The van der Waals surface area contributed by atoms with Crippen molar-refractivity contribution in [1.29, 1.82) is 0 Å². The summed E-state index contributed by atoms with van der Waals surface area (Å²) < 4.78 is 5.12. The molecule has 0 fully saturated rings. The second-order valence-electron chi connectivity index (χ2n) is 4.51. The van der Waals surface area contributed by atoms with Gasteiger partial charge in [-0.3, -0.25) is 4.98 Å². The number of methoxy groups -OCH3 is 1. The minimum absolute atomic E-state index is 0.0180. The summed E-state index contributed by atoms with van der Waals surface area (Å²) >= 11 is 0. The van der Waals surface area contributed by atoms with Crippen molar-refractivity contribution in [1.82, 2.24) is 4.98 Å². The van der Waals surface area contributed by atoms with E-state index in [-0.39, 0.29) is 6.04 Å². The Morgan fingerprint density at radius 2 is 2.06 bits per heavy atom. The number of aromatic nitrogens is 1. The lowest BCUT2D eigenvalue weighted by atomic mass is 10.2. The summed E-state index contributed by atoms with van der Waals surface area (Å²) in [6.45, 7) is 7.85. The van der Waals surface area contributed by atoms with Gasteiger partial charge in [0.15, 0.2) is 0 Å². The molecular weight excluding hydrogens is 214 g/mol. The van der Waals surface area contributed by atoms with Crippen molar-refractivity contribution in [3.05, 3.63) is 24.0 Å². The summed E-state index contributed by atoms with van der Waals surface area (Å²) in [5.74, 6) is 0. The zero-order valence-corrected chi connectivity index (χ0v) is 11.2. The molecule has 0 aliphatic rings. The Bertz CT molecular complexity index is 322. The zero-order chi connectivity index (χ0) is 12.8. The molecule has 0 saturated carbocycles. The van der Waals surface area contributed by atoms with Crippen molar-refractivity contribution in [3.63, 3.8) is 0 Å². The molecule has 2 N–H and O–H groups in total. The molecule has 0 aliphatic carbocycles. The maximum absolute atomic E-state index is 5.78. The fourth-order valence-corrected chi connectivity index (χ4v) is 1.71. The lowest BCUT2D eigenvalue weighted by Crippen LogP contribution is -2.33. The Balaban J connectivity index is 2.80. The number of nitrogens with zero attached hydrogens (tertiary/aromatic N) is 2. The van der Waals surface area contributed by atoms with Crippen LogP contribution in [0.1, 0.15) is 32.5 Å². The number of anilines is 1. The third kappa shape index (κ3) is 3.98. The van der Waals surface area contributed by atoms with Gasteiger partial charge >= 0.3 is 0 Å². The van der Waals surface area contributed by atoms with E-state index in [4.69, 9.17) is 10.5 Å². The van der Waals surface area contributed by atoms with Crippen LogP contribution >= 0.6 is 0 Å². The first-order chi connectivity index (χ1) is 8.06. The molecule has 0 bridgehead atoms. The van der Waals surface area contributed by atoms with E-state index in [1.165, 1.54) is 0 Å². The molecule has 0 aromatic carbocycles. The topological polar surface area (TPSA) is 51.4 Å². The molecule has 0 aliphatic heterocycles. The van der Waals surface area contributed by atoms with Crippen LogP contribution < -0.4 is 10.6 Å². The summed E-state index contributed by atoms with van der Waals surface area (Å²) in [5, 5.41) is 0. The molecule has 0 unspecified atom stereocenters. The molecule has 4 nitrogen and oxygen atoms in total. The van der Waals surface area contributed by atoms with E-state index in [1.54, 1.807) is 7.11 Å². The van der Waals surface area contributed by atoms with E-state index in [1.807, 2.05) is 19.2 Å². The van der Waals surface area contributed by atoms with Gasteiger partial charge in [-0.2, -0.15) is 0 Å². The first kappa shape index (κ1) is 13.9. The van der Waals surface area contributed by atoms with Gasteiger partial charge in [-0.25, -0.2) is 0 Å². The Hall–Kier alpha value is -1.13. The molecular formula is C13H23N3O. The van der Waals surface area contributed by atoms with E-state index >= 15 is 0 Å². The Morgan fingerprint density at radius 3 is 2.47 bits per heavy atom. The summed E-state index contributed by atoms with van der Waals surface area (Å²) in [4.78, 5) is 6.65. The van der Waals surface area contributed by atoms with E-state index in [9.17, 15) is 0 Å². The normalized spacial score (nSPS) is 12.8. The number of hydrogen-bond donors (Lipinski definition) is 1. The molecule has 0 saturated heterocycles. The van der Waals surface area contributed by atoms with Crippen LogP contribution in [0.25, 0.3) is 0 Å². The summed E-state index contributed by atoms with van der Waals surface area (Å²) in [6.07, 6.45) is 1.88. The van der Waals surface area contributed by atoms with Crippen LogP contribution in [0.15, 0.2) is 18.3 Å². The number of hydrogen-bond acceptors (Lipinski definition) is 4. The van der Waals surface area contributed by atoms with Gasteiger partial charge in [0.05, 0.1) is 24.2 Å². The average molecular weight is 237 g/mol. The molecule has 0 spiro atoms. The van der Waals surface area contributed by atoms with E-state index in [2.05, 4.69) is 29.8 Å². The molecule has 1 rings (SSSR count). The molecule has 1 aromatic rings. The molecule has 1 atom stereocenters. The van der Waals surface area contributed by atoms with Gasteiger partial charge in [0.2, 0.25) is 0 Å². The Morgan fingerprint density at radius 1 is 1.35 bits per heavy atom. The third-order valence-corrected chi connectivity index (χ3v) is 2.73. The van der Waals surface area contributed by atoms with Crippen LogP contribution in [0, 0.1) is 0 Å². The Kier molecular flexibility index (Phi) is 5.38. The van der Waals surface area contributed by atoms with Gasteiger partial charge in [-0.1, -0.05) is 0 Å². The van der Waals surface area contributed by atoms with Crippen molar-refractivity contribution in [2.75, 3.05) is 25.2 Å². The molecule has 4 heteroatoms. The van der Waals surface area contributed by atoms with Crippen molar-refractivity contribution in [2.45, 2.75) is 32.9 Å². The smallest absolute Gasteiger partial charge is 0.0637 e. The maximum Gasteiger partial charge on any atom is 0.0637 e. The number of ether oxygens (including phenoxy) is 1. The first-order valence-corrected chi connectivity index (χ1v) is 6.03. The number of rotatable bonds is 6. The SMILES string of the molecule is COCCN(c1ccc([C@H](C)N)nc1)C(C)C. The predicted molar refractivity (Wildman–Crippen MR) is 71.2 cm³/mol. The highest BCUT2D eigenvalue weighted by molar-refractivity contribution is 5.45. The van der Waals surface area contributed by atoms with Crippen LogP contribution in [0.4, 0.5) is 5.69 Å². The lowest BCUT2D eigenvalue weighted by Gasteiger charge is -2.28. The van der Waals surface area contributed by atoms with Gasteiger partial charge < -0.3 is 15.4 Å². The van der Waals surface area contributed by atoms with Crippen molar-refractivity contribution < 1.29 is 4.74 Å². The highest BCUT2D eigenvalue weighted by Crippen LogP contribution is 2.17. The predicted octanol–water partition coefficient (Wildman–Crippen LogP) is 1.96. The highest BCUT2D eigenvalue weighted by Gasteiger charge is 2.11. The van der Waals surface area contributed by atoms with Crippen LogP contribution in [-0.4, -0.2) is 31.3 Å². The standard InChI is InChI=1S/C13H23N3O/c1-10(2)16(7-8-17-4)12-5-6-13(11(3)14)15-9-12/h5-6,9-11H,7-8,14H2,1-4H3/t11-/m0/s1. The van der Waals surface area contributed by atoms with Crippen LogP contribution in [0.3, 0.4) is 0 Å².